The van der Waals surface area contributed by atoms with Crippen molar-refractivity contribution in [3.05, 3.63) is 35.9 Å². The zero-order valence-corrected chi connectivity index (χ0v) is 14.4. The average molecular weight is 338 g/mol. The number of halogens is 1. The normalized spacial score (nSPS) is 7.25. The van der Waals surface area contributed by atoms with Gasteiger partial charge in [-0.2, -0.15) is 0 Å². The summed E-state index contributed by atoms with van der Waals surface area (Å²) in [7, 11) is 0. The molecule has 0 fully saturated rings. The number of rotatable bonds is 2. The van der Waals surface area contributed by atoms with Crippen molar-refractivity contribution in [3.8, 4) is 0 Å². The molecule has 0 atom stereocenters. The van der Waals surface area contributed by atoms with Crippen LogP contribution in [-0.2, 0) is 21.7 Å². The zero-order valence-electron chi connectivity index (χ0n) is 7.89. The summed E-state index contributed by atoms with van der Waals surface area (Å²) in [5.74, 6) is 0. The second-order valence-electron chi connectivity index (χ2n) is 2.63. The predicted molar refractivity (Wildman–Crippen MR) is 61.6 cm³/mol. The van der Waals surface area contributed by atoms with Gasteiger partial charge in [0.2, 0.25) is 0 Å². The molecule has 0 nitrogen and oxygen atoms in total. The smallest absolute Gasteiger partial charge is 0.301 e. The minimum Gasteiger partial charge on any atom is -0.301 e. The summed E-state index contributed by atoms with van der Waals surface area (Å²) >= 11 is 2.84. The van der Waals surface area contributed by atoms with Gasteiger partial charge in [0.1, 0.15) is 0 Å². The molecule has 1 aromatic rings. The maximum absolute atomic E-state index is 2.53. The van der Waals surface area contributed by atoms with Gasteiger partial charge in [0.05, 0.1) is 0 Å². The maximum atomic E-state index is 2.53. The van der Waals surface area contributed by atoms with Gasteiger partial charge < -0.3 is 18.9 Å². The molecule has 0 aromatic heterocycles. The Morgan fingerprint density at radius 3 is 2.17 bits per heavy atom. The van der Waals surface area contributed by atoms with E-state index in [0.717, 1.165) is 0 Å². The fourth-order valence-electron chi connectivity index (χ4n) is 0.754. The van der Waals surface area contributed by atoms with Crippen LogP contribution in [0, 0.1) is 0 Å². The molecule has 0 aliphatic rings. The first kappa shape index (κ1) is 13.3. The monoisotopic (exact) mass is 336 g/mol. The predicted octanol–water partition coefficient (Wildman–Crippen LogP) is 3.41. The van der Waals surface area contributed by atoms with Crippen molar-refractivity contribution in [1.82, 2.24) is 0 Å². The van der Waals surface area contributed by atoms with Gasteiger partial charge in [-0.3, -0.25) is 0 Å². The molecule has 0 aliphatic carbocycles. The molecule has 60 valence electrons. The van der Waals surface area contributed by atoms with Crippen LogP contribution < -0.4 is 0 Å². The van der Waals surface area contributed by atoms with Crippen LogP contribution in [-0.4, -0.2) is 16.5 Å². The van der Waals surface area contributed by atoms with Gasteiger partial charge in [0, 0.05) is 0 Å². The van der Waals surface area contributed by atoms with Crippen LogP contribution in [0.4, 0.5) is 0 Å². The Balaban J connectivity index is 0.000000354. The van der Waals surface area contributed by atoms with Crippen molar-refractivity contribution >= 4 is 35.3 Å². The first-order valence-electron chi connectivity index (χ1n) is 4.45. The molecule has 0 aliphatic heterocycles. The van der Waals surface area contributed by atoms with Crippen LogP contribution in [0.25, 0.3) is 0 Å². The Bertz CT molecular complexity index is 179. The van der Waals surface area contributed by atoms with Gasteiger partial charge in [-0.1, -0.05) is 35.9 Å². The third kappa shape index (κ3) is 7.96. The Morgan fingerprint density at radius 1 is 1.25 bits per heavy atom. The Morgan fingerprint density at radius 2 is 1.75 bits per heavy atom. The molecule has 0 saturated carbocycles. The van der Waals surface area contributed by atoms with Crippen LogP contribution in [0.1, 0.15) is 5.56 Å². The molecule has 0 amide bonds. The molecule has 0 saturated heterocycles. The summed E-state index contributed by atoms with van der Waals surface area (Å²) in [5.41, 5.74) is 6.12. The van der Waals surface area contributed by atoms with Crippen molar-refractivity contribution < 1.29 is 17.1 Å². The van der Waals surface area contributed by atoms with Gasteiger partial charge in [-0.15, -0.1) is 4.55 Å². The van der Waals surface area contributed by atoms with Gasteiger partial charge in [-0.05, 0) is 0 Å². The van der Waals surface area contributed by atoms with Gasteiger partial charge in [0.25, 0.3) is 0 Å². The van der Waals surface area contributed by atoms with E-state index in [1.807, 2.05) is 0 Å². The van der Waals surface area contributed by atoms with Gasteiger partial charge in [0.15, 0.2) is 0 Å². The van der Waals surface area contributed by atoms with Crippen LogP contribution in [0.5, 0.6) is 0 Å². The average Bonchev–Trinajstić information content (AvgIpc) is 2.08. The van der Waals surface area contributed by atoms with E-state index in [1.54, 1.807) is 0 Å². The van der Waals surface area contributed by atoms with Crippen molar-refractivity contribution in [2.75, 3.05) is 0 Å². The molecule has 0 radical (unpaired) electrons. The quantitative estimate of drug-likeness (QED) is 0.573. The number of hydrogen-bond donors (Lipinski definition) is 0. The van der Waals surface area contributed by atoms with E-state index in [1.165, 1.54) is 10.1 Å². The summed E-state index contributed by atoms with van der Waals surface area (Å²) < 4.78 is 1.33. The number of benzene rings is 1. The van der Waals surface area contributed by atoms with Crippen LogP contribution in [0.3, 0.4) is 0 Å². The van der Waals surface area contributed by atoms with E-state index >= 15 is 0 Å². The fourth-order valence-corrected chi connectivity index (χ4v) is 3.17. The van der Waals surface area contributed by atoms with E-state index in [2.05, 4.69) is 60.2 Å². The molecule has 3 heteroatoms. The molecule has 0 heterocycles. The summed E-state index contributed by atoms with van der Waals surface area (Å²) in [5, 5.41) is 0. The topological polar surface area (TPSA) is 0 Å². The van der Waals surface area contributed by atoms with Crippen LogP contribution >= 0.6 is 18.9 Å². The molecular formula is C9H13IMgZn. The van der Waals surface area contributed by atoms with E-state index < -0.39 is 0 Å². The third-order valence-corrected chi connectivity index (χ3v) is 3.61. The summed E-state index contributed by atoms with van der Waals surface area (Å²) in [6.45, 7) is 0. The Kier molecular flexibility index (Phi) is 11.6. The van der Waals surface area contributed by atoms with Crippen LogP contribution in [0.15, 0.2) is 30.3 Å². The second-order valence-corrected chi connectivity index (χ2v) is 9.71. The Labute approximate surface area is 103 Å². The summed E-state index contributed by atoms with van der Waals surface area (Å²) in [4.78, 5) is 0. The molecule has 0 unspecified atom stereocenters. The second kappa shape index (κ2) is 10.4. The minimum atomic E-state index is 0.125. The SMILES string of the molecule is [CH3][Zn][CH3].[I][Mg][CH2]c1ccccc1. The van der Waals surface area contributed by atoms with E-state index in [0.29, 0.717) is 0 Å². The van der Waals surface area contributed by atoms with E-state index in [4.69, 9.17) is 0 Å². The molecule has 0 bridgehead atoms. The molecule has 0 N–H and O–H groups in total. The largest absolute Gasteiger partial charge is 0.468 e. The fraction of sp³-hybridized carbons (Fsp3) is 0.333. The van der Waals surface area contributed by atoms with Crippen LogP contribution in [0.2, 0.25) is 11.0 Å². The molecule has 0 spiro atoms. The van der Waals surface area contributed by atoms with Gasteiger partial charge in [-0.25, -0.2) is 0 Å². The maximum Gasteiger partial charge on any atom is 0.468 e. The molecule has 1 rings (SSSR count). The van der Waals surface area contributed by atoms with E-state index in [9.17, 15) is 0 Å². The van der Waals surface area contributed by atoms with E-state index in [-0.39, 0.29) is 33.6 Å². The zero-order chi connectivity index (χ0) is 9.23. The first-order chi connectivity index (χ1) is 5.85. The Hall–Kier alpha value is 1.34. The molecular weight excluding hydrogens is 325 g/mol. The summed E-state index contributed by atoms with van der Waals surface area (Å²) in [6.07, 6.45) is 0. The minimum absolute atomic E-state index is 0.125. The van der Waals surface area contributed by atoms with Gasteiger partial charge >= 0.3 is 44.6 Å². The van der Waals surface area contributed by atoms with Crippen molar-refractivity contribution in [2.24, 2.45) is 0 Å². The number of hydrogen-bond acceptors (Lipinski definition) is 0. The molecule has 12 heavy (non-hydrogen) atoms. The third-order valence-electron chi connectivity index (χ3n) is 1.23. The van der Waals surface area contributed by atoms with Crippen molar-refractivity contribution in [1.29, 1.82) is 0 Å². The standard InChI is InChI=1S/C7H7.2CH3.HI.Mg.Zn/c1-7-5-3-2-4-6-7;;;;;/h2-6H,1H2;2*1H3;1H;;/q;;;;+1;/p-1. The van der Waals surface area contributed by atoms with Crippen molar-refractivity contribution in [3.63, 3.8) is 0 Å². The first-order valence-corrected chi connectivity index (χ1v) is 16.5. The van der Waals surface area contributed by atoms with Crippen molar-refractivity contribution in [2.45, 2.75) is 15.6 Å². The summed E-state index contributed by atoms with van der Waals surface area (Å²) in [6, 6.07) is 10.7. The molecule has 1 aromatic carbocycles.